The van der Waals surface area contributed by atoms with Crippen molar-refractivity contribution in [2.45, 2.75) is 65.5 Å². The van der Waals surface area contributed by atoms with Crippen LogP contribution in [-0.4, -0.2) is 29.3 Å². The summed E-state index contributed by atoms with van der Waals surface area (Å²) in [6.07, 6.45) is 3.73. The zero-order valence-electron chi connectivity index (χ0n) is 15.0. The van der Waals surface area contributed by atoms with E-state index in [4.69, 9.17) is 11.6 Å². The molecular weight excluding hydrogens is 324 g/mol. The van der Waals surface area contributed by atoms with Gasteiger partial charge in [-0.25, -0.2) is 0 Å². The first-order chi connectivity index (χ1) is 11.5. The fourth-order valence-electron chi connectivity index (χ4n) is 2.59. The molecular formula is C19H29ClN2O2. The highest BCUT2D eigenvalue weighted by Crippen LogP contribution is 2.20. The summed E-state index contributed by atoms with van der Waals surface area (Å²) in [6, 6.07) is 7.00. The number of carbonyl (C=O) groups excluding carboxylic acids is 2. The lowest BCUT2D eigenvalue weighted by molar-refractivity contribution is -0.141. The molecule has 0 saturated heterocycles. The standard InChI is InChI=1S/C19H29ClN2O2/c1-4-7-13-21-19(24)17(6-3)22(18(23)10-5-2)14-15-11-8-9-12-16(15)20/h8-9,11-12,17H,4-7,10,13-14H2,1-3H3,(H,21,24)/t17-/m0/s1. The fraction of sp³-hybridized carbons (Fsp3) is 0.579. The maximum Gasteiger partial charge on any atom is 0.242 e. The molecule has 4 nitrogen and oxygen atoms in total. The Hall–Kier alpha value is -1.55. The summed E-state index contributed by atoms with van der Waals surface area (Å²) >= 11 is 6.24. The normalized spacial score (nSPS) is 11.8. The SMILES string of the molecule is CCCCNC(=O)[C@H](CC)N(Cc1ccccc1Cl)C(=O)CCC. The fourth-order valence-corrected chi connectivity index (χ4v) is 2.79. The van der Waals surface area contributed by atoms with Gasteiger partial charge >= 0.3 is 0 Å². The summed E-state index contributed by atoms with van der Waals surface area (Å²) in [5.41, 5.74) is 0.864. The topological polar surface area (TPSA) is 49.4 Å². The van der Waals surface area contributed by atoms with Gasteiger partial charge in [-0.1, -0.05) is 57.0 Å². The van der Waals surface area contributed by atoms with Crippen LogP contribution in [-0.2, 0) is 16.1 Å². The van der Waals surface area contributed by atoms with Gasteiger partial charge in [-0.15, -0.1) is 0 Å². The molecule has 0 heterocycles. The highest BCUT2D eigenvalue weighted by Gasteiger charge is 2.28. The first-order valence-electron chi connectivity index (χ1n) is 8.85. The largest absolute Gasteiger partial charge is 0.354 e. The van der Waals surface area contributed by atoms with Crippen LogP contribution < -0.4 is 5.32 Å². The van der Waals surface area contributed by atoms with Crippen LogP contribution in [0.5, 0.6) is 0 Å². The predicted molar refractivity (Wildman–Crippen MR) is 98.9 cm³/mol. The van der Waals surface area contributed by atoms with Crippen LogP contribution in [0.4, 0.5) is 0 Å². The van der Waals surface area contributed by atoms with Gasteiger partial charge in [0.05, 0.1) is 0 Å². The van der Waals surface area contributed by atoms with Crippen LogP contribution in [0.15, 0.2) is 24.3 Å². The highest BCUT2D eigenvalue weighted by atomic mass is 35.5. The molecule has 0 aliphatic rings. The third-order valence-electron chi connectivity index (χ3n) is 3.98. The van der Waals surface area contributed by atoms with Gasteiger partial charge in [-0.05, 0) is 30.9 Å². The van der Waals surface area contributed by atoms with E-state index in [-0.39, 0.29) is 11.8 Å². The van der Waals surface area contributed by atoms with Crippen molar-refractivity contribution in [3.63, 3.8) is 0 Å². The van der Waals surface area contributed by atoms with Crippen molar-refractivity contribution in [1.29, 1.82) is 0 Å². The van der Waals surface area contributed by atoms with Gasteiger partial charge < -0.3 is 10.2 Å². The molecule has 0 aliphatic heterocycles. The van der Waals surface area contributed by atoms with E-state index >= 15 is 0 Å². The molecule has 1 N–H and O–H groups in total. The minimum atomic E-state index is -0.461. The summed E-state index contributed by atoms with van der Waals surface area (Å²) in [5.74, 6) is -0.0858. The second-order valence-corrected chi connectivity index (χ2v) is 6.34. The lowest BCUT2D eigenvalue weighted by Gasteiger charge is -2.31. The van der Waals surface area contributed by atoms with E-state index in [0.717, 1.165) is 24.8 Å². The third kappa shape index (κ3) is 6.16. The van der Waals surface area contributed by atoms with Crippen molar-refractivity contribution >= 4 is 23.4 Å². The van der Waals surface area contributed by atoms with E-state index in [9.17, 15) is 9.59 Å². The van der Waals surface area contributed by atoms with Gasteiger partial charge in [0, 0.05) is 24.5 Å². The molecule has 134 valence electrons. The second kappa shape index (κ2) is 11.1. The van der Waals surface area contributed by atoms with Crippen molar-refractivity contribution in [2.24, 2.45) is 0 Å². The molecule has 0 fully saturated rings. The summed E-state index contributed by atoms with van der Waals surface area (Å²) < 4.78 is 0. The van der Waals surface area contributed by atoms with Crippen LogP contribution in [0.2, 0.25) is 5.02 Å². The molecule has 0 aliphatic carbocycles. The Morgan fingerprint density at radius 1 is 1.17 bits per heavy atom. The van der Waals surface area contributed by atoms with Gasteiger partial charge in [0.1, 0.15) is 6.04 Å². The van der Waals surface area contributed by atoms with E-state index < -0.39 is 6.04 Å². The van der Waals surface area contributed by atoms with Crippen LogP contribution >= 0.6 is 11.6 Å². The molecule has 0 bridgehead atoms. The lowest BCUT2D eigenvalue weighted by Crippen LogP contribution is -2.49. The van der Waals surface area contributed by atoms with E-state index in [2.05, 4.69) is 12.2 Å². The minimum absolute atomic E-state index is 0.00471. The number of carbonyl (C=O) groups is 2. The van der Waals surface area contributed by atoms with Crippen molar-refractivity contribution in [1.82, 2.24) is 10.2 Å². The van der Waals surface area contributed by atoms with Gasteiger partial charge in [0.15, 0.2) is 0 Å². The van der Waals surface area contributed by atoms with Crippen molar-refractivity contribution in [2.75, 3.05) is 6.54 Å². The zero-order chi connectivity index (χ0) is 17.9. The van der Waals surface area contributed by atoms with Gasteiger partial charge in [0.2, 0.25) is 11.8 Å². The lowest BCUT2D eigenvalue weighted by atomic mass is 10.1. The van der Waals surface area contributed by atoms with E-state index in [1.165, 1.54) is 0 Å². The molecule has 24 heavy (non-hydrogen) atoms. The number of halogens is 1. The maximum absolute atomic E-state index is 12.6. The number of nitrogens with zero attached hydrogens (tertiary/aromatic N) is 1. The highest BCUT2D eigenvalue weighted by molar-refractivity contribution is 6.31. The number of rotatable bonds is 10. The quantitative estimate of drug-likeness (QED) is 0.642. The Balaban J connectivity index is 2.95. The molecule has 2 amide bonds. The molecule has 0 saturated carbocycles. The Labute approximate surface area is 150 Å². The molecule has 1 atom stereocenters. The Bertz CT molecular complexity index is 534. The molecule has 5 heteroatoms. The Morgan fingerprint density at radius 3 is 2.46 bits per heavy atom. The Morgan fingerprint density at radius 2 is 1.88 bits per heavy atom. The van der Waals surface area contributed by atoms with E-state index in [0.29, 0.717) is 31.0 Å². The molecule has 1 aromatic rings. The summed E-state index contributed by atoms with van der Waals surface area (Å²) in [5, 5.41) is 3.57. The van der Waals surface area contributed by atoms with Crippen molar-refractivity contribution < 1.29 is 9.59 Å². The molecule has 0 aromatic heterocycles. The van der Waals surface area contributed by atoms with E-state index in [1.807, 2.05) is 38.1 Å². The molecule has 0 unspecified atom stereocenters. The first kappa shape index (κ1) is 20.5. The smallest absolute Gasteiger partial charge is 0.242 e. The molecule has 0 spiro atoms. The van der Waals surface area contributed by atoms with Gasteiger partial charge in [-0.3, -0.25) is 9.59 Å². The Kier molecular flexibility index (Phi) is 9.46. The van der Waals surface area contributed by atoms with Crippen molar-refractivity contribution in [3.8, 4) is 0 Å². The van der Waals surface area contributed by atoms with Crippen LogP contribution in [0.1, 0.15) is 58.4 Å². The first-order valence-corrected chi connectivity index (χ1v) is 9.23. The number of hydrogen-bond acceptors (Lipinski definition) is 2. The number of nitrogens with one attached hydrogen (secondary N) is 1. The van der Waals surface area contributed by atoms with Gasteiger partial charge in [0.25, 0.3) is 0 Å². The summed E-state index contributed by atoms with van der Waals surface area (Å²) in [6.45, 7) is 6.99. The van der Waals surface area contributed by atoms with E-state index in [1.54, 1.807) is 4.90 Å². The minimum Gasteiger partial charge on any atom is -0.354 e. The number of unbranched alkanes of at least 4 members (excludes halogenated alkanes) is 1. The average Bonchev–Trinajstić information content (AvgIpc) is 2.56. The van der Waals surface area contributed by atoms with Crippen LogP contribution in [0, 0.1) is 0 Å². The molecule has 0 radical (unpaired) electrons. The zero-order valence-corrected chi connectivity index (χ0v) is 15.7. The van der Waals surface area contributed by atoms with Crippen molar-refractivity contribution in [3.05, 3.63) is 34.9 Å². The third-order valence-corrected chi connectivity index (χ3v) is 4.35. The monoisotopic (exact) mass is 352 g/mol. The second-order valence-electron chi connectivity index (χ2n) is 5.93. The van der Waals surface area contributed by atoms with Crippen LogP contribution in [0.3, 0.4) is 0 Å². The average molecular weight is 353 g/mol. The van der Waals surface area contributed by atoms with Crippen LogP contribution in [0.25, 0.3) is 0 Å². The van der Waals surface area contributed by atoms with Gasteiger partial charge in [-0.2, -0.15) is 0 Å². The maximum atomic E-state index is 12.6. The predicted octanol–water partition coefficient (Wildman–Crippen LogP) is 4.16. The number of hydrogen-bond donors (Lipinski definition) is 1. The number of amides is 2. The summed E-state index contributed by atoms with van der Waals surface area (Å²) in [7, 11) is 0. The molecule has 1 rings (SSSR count). The number of benzene rings is 1. The summed E-state index contributed by atoms with van der Waals surface area (Å²) in [4.78, 5) is 26.8. The molecule has 1 aromatic carbocycles.